The summed E-state index contributed by atoms with van der Waals surface area (Å²) in [5.41, 5.74) is -0.108. The number of benzene rings is 1. The smallest absolute Gasteiger partial charge is 0.324 e. The number of carbonyl (C=O) groups is 2. The summed E-state index contributed by atoms with van der Waals surface area (Å²) in [7, 11) is 0. The molecule has 2 rings (SSSR count). The van der Waals surface area contributed by atoms with Gasteiger partial charge in [0.1, 0.15) is 0 Å². The van der Waals surface area contributed by atoms with Gasteiger partial charge < -0.3 is 9.47 Å². The largest absolute Gasteiger partial charge is 0.422 e. The molecule has 4 nitrogen and oxygen atoms in total. The fourth-order valence-corrected chi connectivity index (χ4v) is 2.83. The van der Waals surface area contributed by atoms with Crippen molar-refractivity contribution in [2.45, 2.75) is 38.9 Å². The average Bonchev–Trinajstić information content (AvgIpc) is 2.25. The molecule has 1 aromatic carbocycles. The van der Waals surface area contributed by atoms with Crippen molar-refractivity contribution in [2.75, 3.05) is 0 Å². The minimum atomic E-state index is -1.22. The van der Waals surface area contributed by atoms with E-state index in [9.17, 15) is 9.59 Å². The second-order valence-electron chi connectivity index (χ2n) is 5.88. The van der Waals surface area contributed by atoms with E-state index >= 15 is 0 Å². The molecule has 0 aromatic heterocycles. The normalized spacial score (nSPS) is 19.4. The summed E-state index contributed by atoms with van der Waals surface area (Å²) in [5.74, 6) is -3.43. The zero-order chi connectivity index (χ0) is 15.1. The minimum absolute atomic E-state index is 0.503. The summed E-state index contributed by atoms with van der Waals surface area (Å²) in [5, 5.41) is 0.503. The first kappa shape index (κ1) is 14.9. The second kappa shape index (κ2) is 4.77. The Morgan fingerprint density at radius 2 is 1.60 bits per heavy atom. The van der Waals surface area contributed by atoms with Crippen LogP contribution in [0.4, 0.5) is 0 Å². The van der Waals surface area contributed by atoms with E-state index < -0.39 is 29.1 Å². The number of cyclic esters (lactones) is 2. The highest BCUT2D eigenvalue weighted by atomic mass is 35.5. The van der Waals surface area contributed by atoms with Gasteiger partial charge in [0, 0.05) is 24.3 Å². The molecule has 0 atom stereocenters. The van der Waals surface area contributed by atoms with Crippen LogP contribution in [0.25, 0.3) is 0 Å². The summed E-state index contributed by atoms with van der Waals surface area (Å²) in [6.07, 6.45) is 0. The van der Waals surface area contributed by atoms with Crippen LogP contribution in [0.5, 0.6) is 0 Å². The molecule has 0 N–H and O–H groups in total. The van der Waals surface area contributed by atoms with Crippen LogP contribution >= 0.6 is 11.6 Å². The number of ether oxygens (including phenoxy) is 2. The number of hydrogen-bond acceptors (Lipinski definition) is 4. The van der Waals surface area contributed by atoms with Gasteiger partial charge in [0.05, 0.1) is 0 Å². The van der Waals surface area contributed by atoms with E-state index in [1.807, 2.05) is 6.07 Å². The Bertz CT molecular complexity index is 543. The third-order valence-electron chi connectivity index (χ3n) is 3.45. The molecule has 20 heavy (non-hydrogen) atoms. The maximum absolute atomic E-state index is 12.2. The lowest BCUT2D eigenvalue weighted by Gasteiger charge is -2.39. The monoisotopic (exact) mass is 296 g/mol. The van der Waals surface area contributed by atoms with Crippen molar-refractivity contribution in [3.05, 3.63) is 34.9 Å². The first-order chi connectivity index (χ1) is 9.15. The van der Waals surface area contributed by atoms with Crippen LogP contribution in [0, 0.1) is 5.92 Å². The van der Waals surface area contributed by atoms with Gasteiger partial charge in [-0.05, 0) is 11.6 Å². The maximum atomic E-state index is 12.2. The highest BCUT2D eigenvalue weighted by Gasteiger charge is 2.51. The highest BCUT2D eigenvalue weighted by molar-refractivity contribution is 6.31. The standard InChI is InChI=1S/C15H17ClO4/c1-14(2,9-7-5-6-8-10(9)16)11-12(17)19-15(3,4)20-13(11)18/h5-8,11H,1-4H3. The molecule has 1 aromatic rings. The van der Waals surface area contributed by atoms with Crippen molar-refractivity contribution in [3.63, 3.8) is 0 Å². The van der Waals surface area contributed by atoms with Crippen molar-refractivity contribution in [1.82, 2.24) is 0 Å². The zero-order valence-electron chi connectivity index (χ0n) is 11.9. The number of rotatable bonds is 2. The van der Waals surface area contributed by atoms with E-state index in [0.29, 0.717) is 10.6 Å². The quantitative estimate of drug-likeness (QED) is 0.622. The molecule has 0 saturated carbocycles. The molecule has 0 aliphatic carbocycles. The fourth-order valence-electron chi connectivity index (χ4n) is 2.45. The molecule has 0 radical (unpaired) electrons. The van der Waals surface area contributed by atoms with E-state index in [2.05, 4.69) is 0 Å². The fraction of sp³-hybridized carbons (Fsp3) is 0.467. The molecular formula is C15H17ClO4. The molecular weight excluding hydrogens is 280 g/mol. The summed E-state index contributed by atoms with van der Waals surface area (Å²) in [6, 6.07) is 7.12. The van der Waals surface area contributed by atoms with Gasteiger partial charge in [-0.2, -0.15) is 0 Å². The summed E-state index contributed by atoms with van der Waals surface area (Å²) >= 11 is 6.18. The molecule has 1 aliphatic heterocycles. The van der Waals surface area contributed by atoms with E-state index in [0.717, 1.165) is 0 Å². The predicted octanol–water partition coefficient (Wildman–Crippen LogP) is 3.07. The van der Waals surface area contributed by atoms with Crippen LogP contribution < -0.4 is 0 Å². The maximum Gasteiger partial charge on any atom is 0.324 e. The molecule has 0 unspecified atom stereocenters. The number of carbonyl (C=O) groups excluding carboxylic acids is 2. The van der Waals surface area contributed by atoms with Gasteiger partial charge in [-0.1, -0.05) is 43.6 Å². The lowest BCUT2D eigenvalue weighted by Crippen LogP contribution is -2.52. The third kappa shape index (κ3) is 2.52. The Kier molecular flexibility index (Phi) is 3.54. The zero-order valence-corrected chi connectivity index (χ0v) is 12.7. The van der Waals surface area contributed by atoms with Gasteiger partial charge in [-0.25, -0.2) is 0 Å². The molecule has 0 amide bonds. The van der Waals surface area contributed by atoms with Gasteiger partial charge in [-0.3, -0.25) is 9.59 Å². The molecule has 1 aliphatic rings. The lowest BCUT2D eigenvalue weighted by atomic mass is 9.73. The average molecular weight is 297 g/mol. The third-order valence-corrected chi connectivity index (χ3v) is 3.78. The molecule has 0 spiro atoms. The molecule has 1 saturated heterocycles. The minimum Gasteiger partial charge on any atom is -0.422 e. The van der Waals surface area contributed by atoms with Crippen LogP contribution in [0.3, 0.4) is 0 Å². The van der Waals surface area contributed by atoms with Crippen molar-refractivity contribution in [2.24, 2.45) is 5.92 Å². The lowest BCUT2D eigenvalue weighted by molar-refractivity contribution is -0.243. The van der Waals surface area contributed by atoms with Crippen molar-refractivity contribution < 1.29 is 19.1 Å². The van der Waals surface area contributed by atoms with Crippen LogP contribution in [0.15, 0.2) is 24.3 Å². The van der Waals surface area contributed by atoms with Crippen LogP contribution in [-0.4, -0.2) is 17.7 Å². The Morgan fingerprint density at radius 1 is 1.10 bits per heavy atom. The Morgan fingerprint density at radius 3 is 2.10 bits per heavy atom. The van der Waals surface area contributed by atoms with Crippen LogP contribution in [-0.2, 0) is 24.5 Å². The number of esters is 2. The topological polar surface area (TPSA) is 52.6 Å². The summed E-state index contributed by atoms with van der Waals surface area (Å²) in [4.78, 5) is 24.4. The van der Waals surface area contributed by atoms with Crippen molar-refractivity contribution in [1.29, 1.82) is 0 Å². The van der Waals surface area contributed by atoms with Crippen molar-refractivity contribution in [3.8, 4) is 0 Å². The Hall–Kier alpha value is -1.55. The van der Waals surface area contributed by atoms with E-state index in [-0.39, 0.29) is 0 Å². The summed E-state index contributed by atoms with van der Waals surface area (Å²) < 4.78 is 10.4. The highest BCUT2D eigenvalue weighted by Crippen LogP contribution is 2.40. The molecule has 108 valence electrons. The van der Waals surface area contributed by atoms with Crippen LogP contribution in [0.2, 0.25) is 5.02 Å². The van der Waals surface area contributed by atoms with E-state index in [1.165, 1.54) is 13.8 Å². The second-order valence-corrected chi connectivity index (χ2v) is 6.28. The number of hydrogen-bond donors (Lipinski definition) is 0. The van der Waals surface area contributed by atoms with Gasteiger partial charge >= 0.3 is 11.9 Å². The van der Waals surface area contributed by atoms with Gasteiger partial charge in [0.2, 0.25) is 0 Å². The summed E-state index contributed by atoms with van der Waals surface area (Å²) in [6.45, 7) is 6.61. The molecule has 1 fully saturated rings. The van der Waals surface area contributed by atoms with Crippen LogP contribution in [0.1, 0.15) is 33.3 Å². The predicted molar refractivity (Wildman–Crippen MR) is 74.2 cm³/mol. The Labute approximate surface area is 123 Å². The molecule has 0 bridgehead atoms. The van der Waals surface area contributed by atoms with Gasteiger partial charge in [0.25, 0.3) is 5.79 Å². The Balaban J connectivity index is 2.42. The van der Waals surface area contributed by atoms with Crippen molar-refractivity contribution >= 4 is 23.5 Å². The SMILES string of the molecule is CC1(C)OC(=O)C(C(C)(C)c2ccccc2Cl)C(=O)O1. The molecule has 5 heteroatoms. The first-order valence-corrected chi connectivity index (χ1v) is 6.74. The van der Waals surface area contributed by atoms with Gasteiger partial charge in [0.15, 0.2) is 5.92 Å². The first-order valence-electron chi connectivity index (χ1n) is 6.36. The van der Waals surface area contributed by atoms with E-state index in [1.54, 1.807) is 32.0 Å². The number of halogens is 1. The van der Waals surface area contributed by atoms with Gasteiger partial charge in [-0.15, -0.1) is 0 Å². The van der Waals surface area contributed by atoms with E-state index in [4.69, 9.17) is 21.1 Å². The molecule has 1 heterocycles.